The van der Waals surface area contributed by atoms with E-state index in [9.17, 15) is 0 Å². The van der Waals surface area contributed by atoms with Gasteiger partial charge in [0.25, 0.3) is 0 Å². The largest absolute Gasteiger partial charge is 0.375 e. The van der Waals surface area contributed by atoms with Crippen molar-refractivity contribution in [3.05, 3.63) is 65.1 Å². The minimum absolute atomic E-state index is 0.565. The van der Waals surface area contributed by atoms with Gasteiger partial charge in [0.2, 0.25) is 0 Å². The first-order valence-corrected chi connectivity index (χ1v) is 8.45. The van der Waals surface area contributed by atoms with E-state index in [1.807, 2.05) is 53.9 Å². The molecule has 24 heavy (non-hydrogen) atoms. The zero-order chi connectivity index (χ0) is 16.5. The molecule has 0 unspecified atom stereocenters. The predicted octanol–water partition coefficient (Wildman–Crippen LogP) is 4.29. The van der Waals surface area contributed by atoms with Crippen LogP contribution in [0.15, 0.2) is 60.1 Å². The summed E-state index contributed by atoms with van der Waals surface area (Å²) < 4.78 is 1.79. The molecule has 0 spiro atoms. The first-order valence-electron chi connectivity index (χ1n) is 7.19. The quantitative estimate of drug-likeness (QED) is 0.596. The van der Waals surface area contributed by atoms with Crippen molar-refractivity contribution in [1.29, 1.82) is 0 Å². The molecule has 0 saturated carbocycles. The fraction of sp³-hybridized carbons (Fsp3) is 0. The Morgan fingerprint density at radius 1 is 0.958 bits per heavy atom. The van der Waals surface area contributed by atoms with Gasteiger partial charge in [-0.15, -0.1) is 16.4 Å². The lowest BCUT2D eigenvalue weighted by molar-refractivity contribution is 0.808. The molecule has 0 fully saturated rings. The second-order valence-corrected chi connectivity index (χ2v) is 6.48. The summed E-state index contributed by atoms with van der Waals surface area (Å²) in [5, 5.41) is 11.4. The minimum Gasteiger partial charge on any atom is -0.375 e. The van der Waals surface area contributed by atoms with Gasteiger partial charge >= 0.3 is 0 Å². The summed E-state index contributed by atoms with van der Waals surface area (Å²) in [6, 6.07) is 15.6. The highest BCUT2D eigenvalue weighted by molar-refractivity contribution is 7.13. The molecule has 0 aliphatic carbocycles. The number of aromatic nitrogens is 4. The molecule has 4 aromatic rings. The topological polar surface area (TPSA) is 69.6 Å². The van der Waals surface area contributed by atoms with Crippen LogP contribution >= 0.6 is 22.9 Å². The smallest absolute Gasteiger partial charge is 0.180 e. The van der Waals surface area contributed by atoms with Crippen LogP contribution in [0.3, 0.4) is 0 Å². The van der Waals surface area contributed by atoms with Gasteiger partial charge in [-0.05, 0) is 24.3 Å². The summed E-state index contributed by atoms with van der Waals surface area (Å²) in [6.07, 6.45) is 1.73. The van der Waals surface area contributed by atoms with Crippen LogP contribution in [-0.2, 0) is 0 Å². The van der Waals surface area contributed by atoms with Gasteiger partial charge in [0.05, 0.1) is 23.3 Å². The zero-order valence-electron chi connectivity index (χ0n) is 12.4. The van der Waals surface area contributed by atoms with Gasteiger partial charge in [0.1, 0.15) is 0 Å². The van der Waals surface area contributed by atoms with Gasteiger partial charge in [-0.2, -0.15) is 0 Å². The lowest BCUT2D eigenvalue weighted by atomic mass is 10.1. The molecule has 0 amide bonds. The summed E-state index contributed by atoms with van der Waals surface area (Å²) in [6.45, 7) is 0. The van der Waals surface area contributed by atoms with E-state index in [2.05, 4.69) is 15.3 Å². The van der Waals surface area contributed by atoms with Crippen molar-refractivity contribution in [2.45, 2.75) is 0 Å². The highest BCUT2D eigenvalue weighted by atomic mass is 35.5. The van der Waals surface area contributed by atoms with Crippen LogP contribution in [0.2, 0.25) is 5.02 Å². The fourth-order valence-corrected chi connectivity index (χ4v) is 3.14. The Morgan fingerprint density at radius 2 is 1.67 bits per heavy atom. The monoisotopic (exact) mass is 353 g/mol. The van der Waals surface area contributed by atoms with Gasteiger partial charge in [0.15, 0.2) is 5.13 Å². The Morgan fingerprint density at radius 3 is 2.33 bits per heavy atom. The maximum Gasteiger partial charge on any atom is 0.180 e. The fourth-order valence-electron chi connectivity index (χ4n) is 2.44. The molecule has 5 nitrogen and oxygen atoms in total. The molecule has 2 aromatic carbocycles. The van der Waals surface area contributed by atoms with Crippen LogP contribution in [0.1, 0.15) is 0 Å². The Kier molecular flexibility index (Phi) is 3.76. The van der Waals surface area contributed by atoms with E-state index in [0.29, 0.717) is 10.2 Å². The number of nitrogen functional groups attached to an aromatic ring is 1. The van der Waals surface area contributed by atoms with Crippen molar-refractivity contribution >= 4 is 28.1 Å². The van der Waals surface area contributed by atoms with Crippen LogP contribution in [0.5, 0.6) is 0 Å². The van der Waals surface area contributed by atoms with Crippen molar-refractivity contribution in [1.82, 2.24) is 20.0 Å². The Balaban J connectivity index is 1.70. The third-order valence-electron chi connectivity index (χ3n) is 3.62. The normalized spacial score (nSPS) is 10.9. The third kappa shape index (κ3) is 2.77. The second-order valence-electron chi connectivity index (χ2n) is 5.16. The van der Waals surface area contributed by atoms with Crippen LogP contribution in [0.4, 0.5) is 5.13 Å². The number of nitrogens with zero attached hydrogens (tertiary/aromatic N) is 4. The Bertz CT molecular complexity index is 973. The van der Waals surface area contributed by atoms with Crippen molar-refractivity contribution in [2.75, 3.05) is 5.73 Å². The standard InChI is InChI=1S/C17H12ClN5S/c18-13-5-1-12(2-6-13)16-9-20-22-23(16)14-7-3-11(4-8-14)15-10-24-17(19)21-15/h1-10H,(H2,19,21). The van der Waals surface area contributed by atoms with E-state index < -0.39 is 0 Å². The number of halogens is 1. The van der Waals surface area contributed by atoms with Gasteiger partial charge in [-0.25, -0.2) is 9.67 Å². The molecule has 118 valence electrons. The Labute approximate surface area is 147 Å². The molecule has 0 aliphatic heterocycles. The third-order valence-corrected chi connectivity index (χ3v) is 4.54. The van der Waals surface area contributed by atoms with Crippen LogP contribution in [0, 0.1) is 0 Å². The number of nitrogens with two attached hydrogens (primary N) is 1. The van der Waals surface area contributed by atoms with E-state index in [1.165, 1.54) is 11.3 Å². The highest BCUT2D eigenvalue weighted by Gasteiger charge is 2.09. The first-order chi connectivity index (χ1) is 11.7. The molecule has 0 aliphatic rings. The average Bonchev–Trinajstić information content (AvgIpc) is 3.25. The van der Waals surface area contributed by atoms with Crippen molar-refractivity contribution in [3.8, 4) is 28.2 Å². The summed E-state index contributed by atoms with van der Waals surface area (Å²) in [5.41, 5.74) is 10.4. The average molecular weight is 354 g/mol. The van der Waals surface area contributed by atoms with E-state index >= 15 is 0 Å². The van der Waals surface area contributed by atoms with E-state index in [-0.39, 0.29) is 0 Å². The maximum absolute atomic E-state index is 5.96. The molecule has 4 rings (SSSR count). The summed E-state index contributed by atoms with van der Waals surface area (Å²) in [5.74, 6) is 0. The number of hydrogen-bond donors (Lipinski definition) is 1. The zero-order valence-corrected chi connectivity index (χ0v) is 14.0. The summed E-state index contributed by atoms with van der Waals surface area (Å²) >= 11 is 7.39. The van der Waals surface area contributed by atoms with Gasteiger partial charge in [0, 0.05) is 21.5 Å². The molecule has 0 bridgehead atoms. The number of benzene rings is 2. The second kappa shape index (κ2) is 6.07. The predicted molar refractivity (Wildman–Crippen MR) is 97.3 cm³/mol. The van der Waals surface area contributed by atoms with E-state index in [0.717, 1.165) is 28.2 Å². The molecule has 2 aromatic heterocycles. The highest BCUT2D eigenvalue weighted by Crippen LogP contribution is 2.26. The van der Waals surface area contributed by atoms with Crippen LogP contribution in [0.25, 0.3) is 28.2 Å². The van der Waals surface area contributed by atoms with Gasteiger partial charge in [-0.3, -0.25) is 0 Å². The lowest BCUT2D eigenvalue weighted by Gasteiger charge is -2.07. The molecule has 2 heterocycles. The molecule has 0 saturated heterocycles. The Hall–Kier alpha value is -2.70. The van der Waals surface area contributed by atoms with Crippen LogP contribution < -0.4 is 5.73 Å². The van der Waals surface area contributed by atoms with Gasteiger partial charge in [-0.1, -0.05) is 41.1 Å². The molecule has 2 N–H and O–H groups in total. The van der Waals surface area contributed by atoms with E-state index in [4.69, 9.17) is 17.3 Å². The molecular weight excluding hydrogens is 342 g/mol. The van der Waals surface area contributed by atoms with E-state index in [1.54, 1.807) is 10.9 Å². The molecular formula is C17H12ClN5S. The molecule has 0 atom stereocenters. The maximum atomic E-state index is 5.96. The summed E-state index contributed by atoms with van der Waals surface area (Å²) in [4.78, 5) is 4.30. The molecule has 0 radical (unpaired) electrons. The summed E-state index contributed by atoms with van der Waals surface area (Å²) in [7, 11) is 0. The number of rotatable bonds is 3. The number of anilines is 1. The van der Waals surface area contributed by atoms with Gasteiger partial charge < -0.3 is 5.73 Å². The minimum atomic E-state index is 0.565. The lowest BCUT2D eigenvalue weighted by Crippen LogP contribution is -1.99. The molecule has 7 heteroatoms. The number of hydrogen-bond acceptors (Lipinski definition) is 5. The SMILES string of the molecule is Nc1nc(-c2ccc(-n3nncc3-c3ccc(Cl)cc3)cc2)cs1. The number of thiazole rings is 1. The van der Waals surface area contributed by atoms with Crippen molar-refractivity contribution in [3.63, 3.8) is 0 Å². The first kappa shape index (κ1) is 14.9. The van der Waals surface area contributed by atoms with Crippen molar-refractivity contribution in [2.24, 2.45) is 0 Å². The van der Waals surface area contributed by atoms with Crippen LogP contribution in [-0.4, -0.2) is 20.0 Å². The van der Waals surface area contributed by atoms with Crippen molar-refractivity contribution < 1.29 is 0 Å².